The van der Waals surface area contributed by atoms with E-state index in [9.17, 15) is 24.5 Å². The number of esters is 1. The van der Waals surface area contributed by atoms with Crippen molar-refractivity contribution in [3.8, 4) is 5.69 Å². The molecule has 4 rings (SSSR count). The van der Waals surface area contributed by atoms with Crippen LogP contribution in [0.2, 0.25) is 0 Å². The third-order valence-corrected chi connectivity index (χ3v) is 5.61. The van der Waals surface area contributed by atoms with Crippen LogP contribution in [0, 0.1) is 10.1 Å². The second kappa shape index (κ2) is 10.2. The molecular formula is C22H18N6O6S. The number of anilines is 1. The van der Waals surface area contributed by atoms with Gasteiger partial charge in [-0.3, -0.25) is 19.7 Å². The van der Waals surface area contributed by atoms with Gasteiger partial charge < -0.3 is 15.0 Å². The number of hydrogen-bond acceptors (Lipinski definition) is 9. The van der Waals surface area contributed by atoms with Crippen LogP contribution in [0.1, 0.15) is 17.3 Å². The number of carbonyl (C=O) groups is 2. The van der Waals surface area contributed by atoms with E-state index < -0.39 is 16.5 Å². The summed E-state index contributed by atoms with van der Waals surface area (Å²) in [5.74, 6) is -0.829. The Morgan fingerprint density at radius 1 is 1.17 bits per heavy atom. The van der Waals surface area contributed by atoms with Crippen LogP contribution in [-0.4, -0.2) is 48.9 Å². The van der Waals surface area contributed by atoms with Crippen molar-refractivity contribution in [2.75, 3.05) is 17.7 Å². The predicted molar refractivity (Wildman–Crippen MR) is 128 cm³/mol. The number of nitro benzene ring substituents is 1. The highest BCUT2D eigenvalue weighted by molar-refractivity contribution is 7.99. The van der Waals surface area contributed by atoms with Crippen LogP contribution in [0.25, 0.3) is 16.7 Å². The first kappa shape index (κ1) is 23.6. The first-order valence-electron chi connectivity index (χ1n) is 10.3. The van der Waals surface area contributed by atoms with Gasteiger partial charge in [0, 0.05) is 17.8 Å². The minimum atomic E-state index is -0.511. The Morgan fingerprint density at radius 3 is 2.54 bits per heavy atom. The quantitative estimate of drug-likeness (QED) is 0.123. The molecular weight excluding hydrogens is 476 g/mol. The van der Waals surface area contributed by atoms with Gasteiger partial charge in [0.1, 0.15) is 5.39 Å². The molecule has 4 aromatic rings. The van der Waals surface area contributed by atoms with Gasteiger partial charge in [0.2, 0.25) is 5.91 Å². The van der Waals surface area contributed by atoms with Gasteiger partial charge in [0.15, 0.2) is 10.8 Å². The summed E-state index contributed by atoms with van der Waals surface area (Å²) in [4.78, 5) is 53.9. The number of non-ortho nitro benzene ring substituents is 1. The summed E-state index contributed by atoms with van der Waals surface area (Å²) in [6, 6.07) is 11.9. The molecule has 2 aromatic carbocycles. The van der Waals surface area contributed by atoms with Gasteiger partial charge in [-0.1, -0.05) is 11.8 Å². The van der Waals surface area contributed by atoms with E-state index in [1.54, 1.807) is 31.2 Å². The molecule has 2 aromatic heterocycles. The monoisotopic (exact) mass is 494 g/mol. The number of rotatable bonds is 8. The molecule has 13 heteroatoms. The summed E-state index contributed by atoms with van der Waals surface area (Å²) in [6.45, 7) is 1.98. The number of carbonyl (C=O) groups excluding carboxylic acids is 2. The van der Waals surface area contributed by atoms with Crippen LogP contribution in [0.15, 0.2) is 64.7 Å². The summed E-state index contributed by atoms with van der Waals surface area (Å²) < 4.78 is 6.32. The number of nitro groups is 1. The molecule has 178 valence electrons. The van der Waals surface area contributed by atoms with E-state index >= 15 is 0 Å². The van der Waals surface area contributed by atoms with Crippen LogP contribution in [-0.2, 0) is 9.53 Å². The molecule has 0 saturated carbocycles. The van der Waals surface area contributed by atoms with Gasteiger partial charge in [-0.2, -0.15) is 5.10 Å². The van der Waals surface area contributed by atoms with Crippen molar-refractivity contribution in [3.05, 3.63) is 80.8 Å². The zero-order valence-electron chi connectivity index (χ0n) is 18.3. The smallest absolute Gasteiger partial charge is 0.338 e. The van der Waals surface area contributed by atoms with E-state index in [0.29, 0.717) is 16.9 Å². The van der Waals surface area contributed by atoms with Crippen LogP contribution >= 0.6 is 11.8 Å². The Hall–Kier alpha value is -4.52. The fourth-order valence-corrected chi connectivity index (χ4v) is 3.76. The number of nitrogens with one attached hydrogen (secondary N) is 2. The number of fused-ring (bicyclic) bond motifs is 1. The molecule has 0 bridgehead atoms. The molecule has 35 heavy (non-hydrogen) atoms. The molecule has 0 unspecified atom stereocenters. The zero-order valence-corrected chi connectivity index (χ0v) is 19.1. The topological polar surface area (TPSA) is 162 Å². The minimum Gasteiger partial charge on any atom is -0.462 e. The first-order valence-corrected chi connectivity index (χ1v) is 11.3. The Morgan fingerprint density at radius 2 is 1.89 bits per heavy atom. The molecule has 0 radical (unpaired) electrons. The fraction of sp³-hybridized carbons (Fsp3) is 0.136. The van der Waals surface area contributed by atoms with Gasteiger partial charge >= 0.3 is 5.97 Å². The number of aromatic amines is 1. The van der Waals surface area contributed by atoms with Crippen LogP contribution < -0.4 is 10.9 Å². The maximum atomic E-state index is 12.5. The summed E-state index contributed by atoms with van der Waals surface area (Å²) in [6.07, 6.45) is 1.35. The maximum Gasteiger partial charge on any atom is 0.338 e. The largest absolute Gasteiger partial charge is 0.462 e. The molecule has 0 spiro atoms. The second-order valence-electron chi connectivity index (χ2n) is 7.07. The Kier molecular flexibility index (Phi) is 6.87. The van der Waals surface area contributed by atoms with Gasteiger partial charge in [-0.25, -0.2) is 14.5 Å². The minimum absolute atomic E-state index is 0.0419. The number of thioether (sulfide) groups is 1. The van der Waals surface area contributed by atoms with Crippen molar-refractivity contribution in [1.82, 2.24) is 19.7 Å². The Labute approximate surface area is 201 Å². The van der Waals surface area contributed by atoms with Crippen molar-refractivity contribution < 1.29 is 19.2 Å². The summed E-state index contributed by atoms with van der Waals surface area (Å²) in [5, 5.41) is 18.2. The molecule has 2 heterocycles. The lowest BCUT2D eigenvalue weighted by Gasteiger charge is -2.07. The predicted octanol–water partition coefficient (Wildman–Crippen LogP) is 2.92. The molecule has 0 aliphatic carbocycles. The normalized spacial score (nSPS) is 10.8. The second-order valence-corrected chi connectivity index (χ2v) is 8.04. The third kappa shape index (κ3) is 5.35. The van der Waals surface area contributed by atoms with Crippen molar-refractivity contribution in [1.29, 1.82) is 0 Å². The summed E-state index contributed by atoms with van der Waals surface area (Å²) in [7, 11) is 0. The number of nitrogens with zero attached hydrogens (tertiary/aromatic N) is 4. The fourth-order valence-electron chi connectivity index (χ4n) is 3.11. The molecule has 0 aliphatic rings. The van der Waals surface area contributed by atoms with E-state index in [0.717, 1.165) is 11.8 Å². The van der Waals surface area contributed by atoms with E-state index in [4.69, 9.17) is 4.74 Å². The SMILES string of the molecule is CCOC(=O)c1ccc(NC(=O)CSc2nc3c(cnn3-c3ccc([N+](=O)[O-])cc3)c(=O)[nH]2)cc1. The molecule has 1 amide bonds. The van der Waals surface area contributed by atoms with Gasteiger partial charge in [-0.05, 0) is 43.3 Å². The summed E-state index contributed by atoms with van der Waals surface area (Å²) in [5.41, 5.74) is 1.11. The third-order valence-electron chi connectivity index (χ3n) is 4.74. The lowest BCUT2D eigenvalue weighted by atomic mass is 10.2. The standard InChI is InChI=1S/C22H18N6O6S/c1-2-34-21(31)13-3-5-14(6-4-13)24-18(29)12-35-22-25-19-17(20(30)26-22)11-23-27(19)15-7-9-16(10-8-15)28(32)33/h3-11H,2,12H2,1H3,(H,24,29)(H,25,26,30). The van der Waals surface area contributed by atoms with E-state index in [2.05, 4.69) is 20.4 Å². The van der Waals surface area contributed by atoms with Crippen molar-refractivity contribution in [2.45, 2.75) is 12.1 Å². The number of H-pyrrole nitrogens is 1. The maximum absolute atomic E-state index is 12.5. The first-order chi connectivity index (χ1) is 16.9. The number of hydrogen-bond donors (Lipinski definition) is 2. The van der Waals surface area contributed by atoms with E-state index in [-0.39, 0.29) is 40.1 Å². The van der Waals surface area contributed by atoms with E-state index in [1.165, 1.54) is 35.1 Å². The average molecular weight is 494 g/mol. The highest BCUT2D eigenvalue weighted by atomic mass is 32.2. The van der Waals surface area contributed by atoms with Gasteiger partial charge in [0.05, 0.1) is 34.7 Å². The van der Waals surface area contributed by atoms with Crippen LogP contribution in [0.3, 0.4) is 0 Å². The number of benzene rings is 2. The molecule has 0 atom stereocenters. The molecule has 0 aliphatic heterocycles. The highest BCUT2D eigenvalue weighted by Gasteiger charge is 2.14. The molecule has 12 nitrogen and oxygen atoms in total. The number of ether oxygens (including phenoxy) is 1. The Bertz CT molecular complexity index is 1460. The molecule has 0 saturated heterocycles. The molecule has 0 fully saturated rings. The van der Waals surface area contributed by atoms with Crippen molar-refractivity contribution in [3.63, 3.8) is 0 Å². The highest BCUT2D eigenvalue weighted by Crippen LogP contribution is 2.20. The zero-order chi connectivity index (χ0) is 24.9. The average Bonchev–Trinajstić information content (AvgIpc) is 3.28. The van der Waals surface area contributed by atoms with Crippen molar-refractivity contribution in [2.24, 2.45) is 0 Å². The van der Waals surface area contributed by atoms with Gasteiger partial charge in [-0.15, -0.1) is 0 Å². The van der Waals surface area contributed by atoms with E-state index in [1.807, 2.05) is 0 Å². The summed E-state index contributed by atoms with van der Waals surface area (Å²) >= 11 is 1.02. The van der Waals surface area contributed by atoms with Crippen molar-refractivity contribution >= 4 is 46.0 Å². The van der Waals surface area contributed by atoms with Crippen LogP contribution in [0.5, 0.6) is 0 Å². The van der Waals surface area contributed by atoms with Crippen LogP contribution in [0.4, 0.5) is 11.4 Å². The van der Waals surface area contributed by atoms with Gasteiger partial charge in [0.25, 0.3) is 11.2 Å². The Balaban J connectivity index is 1.46. The lowest BCUT2D eigenvalue weighted by Crippen LogP contribution is -2.16. The molecule has 2 N–H and O–H groups in total. The lowest BCUT2D eigenvalue weighted by molar-refractivity contribution is -0.384. The number of aromatic nitrogens is 4. The number of amides is 1.